The minimum absolute atomic E-state index is 0.596. The molecule has 0 saturated heterocycles. The summed E-state index contributed by atoms with van der Waals surface area (Å²) in [5.74, 6) is 1.19. The molecule has 0 radical (unpaired) electrons. The second-order valence-corrected chi connectivity index (χ2v) is 3.43. The molecule has 2 rings (SSSR count). The third kappa shape index (κ3) is 1.19. The monoisotopic (exact) mass is 165 g/mol. The average molecular weight is 165 g/mol. The van der Waals surface area contributed by atoms with Crippen molar-refractivity contribution in [3.8, 4) is 0 Å². The zero-order valence-corrected chi connectivity index (χ0v) is 7.67. The van der Waals surface area contributed by atoms with Crippen molar-refractivity contribution in [3.05, 3.63) is 11.8 Å². The van der Waals surface area contributed by atoms with Gasteiger partial charge in [0, 0.05) is 18.7 Å². The van der Waals surface area contributed by atoms with Crippen LogP contribution in [-0.2, 0) is 13.0 Å². The average Bonchev–Trinajstić information content (AvgIpc) is 2.46. The van der Waals surface area contributed by atoms with Crippen LogP contribution in [0, 0.1) is 0 Å². The first-order valence-corrected chi connectivity index (χ1v) is 4.63. The topological polar surface area (TPSA) is 29.9 Å². The van der Waals surface area contributed by atoms with Crippen molar-refractivity contribution in [1.82, 2.24) is 9.78 Å². The van der Waals surface area contributed by atoms with Gasteiger partial charge in [0.2, 0.25) is 0 Å². The molecule has 0 spiro atoms. The first kappa shape index (κ1) is 7.65. The molecular formula is C9H15N3. The third-order valence-corrected chi connectivity index (χ3v) is 2.36. The quantitative estimate of drug-likeness (QED) is 0.685. The Labute approximate surface area is 72.8 Å². The summed E-state index contributed by atoms with van der Waals surface area (Å²) < 4.78 is 2.07. The molecule has 3 heteroatoms. The van der Waals surface area contributed by atoms with E-state index in [0.717, 1.165) is 13.0 Å². The smallest absolute Gasteiger partial charge is 0.124 e. The van der Waals surface area contributed by atoms with Gasteiger partial charge < -0.3 is 5.32 Å². The van der Waals surface area contributed by atoms with Gasteiger partial charge in [-0.05, 0) is 19.8 Å². The lowest BCUT2D eigenvalue weighted by molar-refractivity contribution is 0.509. The molecule has 1 aromatic rings. The van der Waals surface area contributed by atoms with Crippen molar-refractivity contribution < 1.29 is 0 Å². The van der Waals surface area contributed by atoms with Crippen LogP contribution in [0.15, 0.2) is 6.07 Å². The molecule has 1 unspecified atom stereocenters. The van der Waals surface area contributed by atoms with Gasteiger partial charge >= 0.3 is 0 Å². The Balaban J connectivity index is 2.28. The second kappa shape index (κ2) is 2.81. The summed E-state index contributed by atoms with van der Waals surface area (Å²) in [6.07, 6.45) is 2.20. The standard InChI is InChI=1S/C9H15N3/c1-3-8-6-9-10-7(2)4-5-12(9)11-8/h6-7,10H,3-5H2,1-2H3. The van der Waals surface area contributed by atoms with Crippen molar-refractivity contribution in [2.75, 3.05) is 5.32 Å². The van der Waals surface area contributed by atoms with E-state index < -0.39 is 0 Å². The number of aromatic nitrogens is 2. The molecule has 1 N–H and O–H groups in total. The largest absolute Gasteiger partial charge is 0.368 e. The summed E-state index contributed by atoms with van der Waals surface area (Å²) in [5.41, 5.74) is 1.19. The number of rotatable bonds is 1. The van der Waals surface area contributed by atoms with E-state index in [0.29, 0.717) is 6.04 Å². The molecule has 2 heterocycles. The van der Waals surface area contributed by atoms with E-state index in [-0.39, 0.29) is 0 Å². The van der Waals surface area contributed by atoms with Gasteiger partial charge in [-0.2, -0.15) is 5.10 Å². The van der Waals surface area contributed by atoms with Crippen molar-refractivity contribution in [2.24, 2.45) is 0 Å². The minimum Gasteiger partial charge on any atom is -0.368 e. The van der Waals surface area contributed by atoms with E-state index in [2.05, 4.69) is 35.0 Å². The first-order chi connectivity index (χ1) is 5.79. The Hall–Kier alpha value is -0.990. The van der Waals surface area contributed by atoms with Crippen LogP contribution in [0.3, 0.4) is 0 Å². The lowest BCUT2D eigenvalue weighted by Crippen LogP contribution is -2.25. The number of nitrogens with one attached hydrogen (secondary N) is 1. The predicted molar refractivity (Wildman–Crippen MR) is 49.3 cm³/mol. The lowest BCUT2D eigenvalue weighted by Gasteiger charge is -2.21. The SMILES string of the molecule is CCc1cc2n(n1)CCC(C)N2. The molecule has 0 amide bonds. The van der Waals surface area contributed by atoms with E-state index in [1.165, 1.54) is 17.9 Å². The normalized spacial score (nSPS) is 21.7. The van der Waals surface area contributed by atoms with Gasteiger partial charge in [-0.1, -0.05) is 6.92 Å². The Bertz CT molecular complexity index is 277. The molecule has 66 valence electrons. The molecule has 1 aliphatic rings. The van der Waals surface area contributed by atoms with E-state index in [4.69, 9.17) is 0 Å². The Morgan fingerprint density at radius 1 is 1.75 bits per heavy atom. The molecule has 0 aliphatic carbocycles. The molecule has 0 saturated carbocycles. The first-order valence-electron chi connectivity index (χ1n) is 4.63. The van der Waals surface area contributed by atoms with Crippen LogP contribution >= 0.6 is 0 Å². The highest BCUT2D eigenvalue weighted by Crippen LogP contribution is 2.18. The number of hydrogen-bond acceptors (Lipinski definition) is 2. The Morgan fingerprint density at radius 2 is 2.58 bits per heavy atom. The second-order valence-electron chi connectivity index (χ2n) is 3.43. The van der Waals surface area contributed by atoms with Crippen LogP contribution in [0.25, 0.3) is 0 Å². The van der Waals surface area contributed by atoms with Gasteiger partial charge in [-0.25, -0.2) is 4.68 Å². The van der Waals surface area contributed by atoms with Gasteiger partial charge in [-0.15, -0.1) is 0 Å². The van der Waals surface area contributed by atoms with Gasteiger partial charge in [0.05, 0.1) is 5.69 Å². The predicted octanol–water partition coefficient (Wildman–Crippen LogP) is 1.65. The summed E-state index contributed by atoms with van der Waals surface area (Å²) in [4.78, 5) is 0. The number of hydrogen-bond donors (Lipinski definition) is 1. The van der Waals surface area contributed by atoms with E-state index in [1.54, 1.807) is 0 Å². The zero-order valence-electron chi connectivity index (χ0n) is 7.67. The van der Waals surface area contributed by atoms with Crippen molar-refractivity contribution in [1.29, 1.82) is 0 Å². The van der Waals surface area contributed by atoms with Crippen LogP contribution in [0.4, 0.5) is 5.82 Å². The highest BCUT2D eigenvalue weighted by atomic mass is 15.3. The summed E-state index contributed by atoms with van der Waals surface area (Å²) in [6, 6.07) is 2.74. The molecule has 1 aromatic heterocycles. The van der Waals surface area contributed by atoms with E-state index in [1.807, 2.05) is 0 Å². The number of aryl methyl sites for hydroxylation is 2. The van der Waals surface area contributed by atoms with Crippen LogP contribution in [0.2, 0.25) is 0 Å². The molecule has 0 fully saturated rings. The summed E-state index contributed by atoms with van der Waals surface area (Å²) in [5, 5.41) is 7.87. The van der Waals surface area contributed by atoms with Crippen molar-refractivity contribution in [2.45, 2.75) is 39.3 Å². The summed E-state index contributed by atoms with van der Waals surface area (Å²) >= 11 is 0. The van der Waals surface area contributed by atoms with Crippen molar-refractivity contribution >= 4 is 5.82 Å². The molecule has 0 bridgehead atoms. The minimum atomic E-state index is 0.596. The lowest BCUT2D eigenvalue weighted by atomic mass is 10.2. The van der Waals surface area contributed by atoms with E-state index in [9.17, 15) is 0 Å². The maximum atomic E-state index is 4.46. The Morgan fingerprint density at radius 3 is 3.33 bits per heavy atom. The highest BCUT2D eigenvalue weighted by Gasteiger charge is 2.14. The summed E-state index contributed by atoms with van der Waals surface area (Å²) in [7, 11) is 0. The third-order valence-electron chi connectivity index (χ3n) is 2.36. The zero-order chi connectivity index (χ0) is 8.55. The fourth-order valence-corrected chi connectivity index (χ4v) is 1.57. The molecule has 3 nitrogen and oxygen atoms in total. The van der Waals surface area contributed by atoms with E-state index >= 15 is 0 Å². The van der Waals surface area contributed by atoms with Gasteiger partial charge in [-0.3, -0.25) is 0 Å². The maximum Gasteiger partial charge on any atom is 0.124 e. The molecular weight excluding hydrogens is 150 g/mol. The van der Waals surface area contributed by atoms with Crippen LogP contribution in [-0.4, -0.2) is 15.8 Å². The molecule has 1 atom stereocenters. The van der Waals surface area contributed by atoms with Crippen LogP contribution in [0.5, 0.6) is 0 Å². The van der Waals surface area contributed by atoms with Gasteiger partial charge in [0.15, 0.2) is 0 Å². The Kier molecular flexibility index (Phi) is 1.79. The van der Waals surface area contributed by atoms with Gasteiger partial charge in [0.25, 0.3) is 0 Å². The van der Waals surface area contributed by atoms with Gasteiger partial charge in [0.1, 0.15) is 5.82 Å². The number of nitrogens with zero attached hydrogens (tertiary/aromatic N) is 2. The van der Waals surface area contributed by atoms with Crippen molar-refractivity contribution in [3.63, 3.8) is 0 Å². The summed E-state index contributed by atoms with van der Waals surface area (Å²) in [6.45, 7) is 5.41. The number of anilines is 1. The fourth-order valence-electron chi connectivity index (χ4n) is 1.57. The molecule has 12 heavy (non-hydrogen) atoms. The highest BCUT2D eigenvalue weighted by molar-refractivity contribution is 5.39. The number of fused-ring (bicyclic) bond motifs is 1. The van der Waals surface area contributed by atoms with Crippen LogP contribution in [0.1, 0.15) is 26.0 Å². The fraction of sp³-hybridized carbons (Fsp3) is 0.667. The van der Waals surface area contributed by atoms with Crippen LogP contribution < -0.4 is 5.32 Å². The molecule has 1 aliphatic heterocycles. The molecule has 0 aromatic carbocycles. The maximum absolute atomic E-state index is 4.46.